The van der Waals surface area contributed by atoms with Crippen LogP contribution in [0.3, 0.4) is 0 Å². The molecule has 1 rings (SSSR count). The minimum Gasteiger partial charge on any atom is -0.394 e. The highest BCUT2D eigenvalue weighted by Crippen LogP contribution is 2.36. The normalized spacial score (nSPS) is 34.8. The van der Waals surface area contributed by atoms with Crippen molar-refractivity contribution in [2.24, 2.45) is 5.92 Å². The van der Waals surface area contributed by atoms with Gasteiger partial charge < -0.3 is 15.2 Å². The summed E-state index contributed by atoms with van der Waals surface area (Å²) < 4.78 is 4.93. The van der Waals surface area contributed by atoms with Gasteiger partial charge in [-0.15, -0.1) is 0 Å². The van der Waals surface area contributed by atoms with Crippen LogP contribution < -0.4 is 5.32 Å². The molecule has 0 aromatic rings. The van der Waals surface area contributed by atoms with Gasteiger partial charge in [0.1, 0.15) is 0 Å². The van der Waals surface area contributed by atoms with Crippen LogP contribution in [0.25, 0.3) is 0 Å². The van der Waals surface area contributed by atoms with Gasteiger partial charge in [0.15, 0.2) is 0 Å². The van der Waals surface area contributed by atoms with Crippen molar-refractivity contribution in [3.63, 3.8) is 0 Å². The van der Waals surface area contributed by atoms with E-state index >= 15 is 0 Å². The molecule has 12 heavy (non-hydrogen) atoms. The molecule has 0 aromatic heterocycles. The van der Waals surface area contributed by atoms with E-state index < -0.39 is 0 Å². The van der Waals surface area contributed by atoms with Crippen molar-refractivity contribution in [2.75, 3.05) is 26.9 Å². The first-order chi connectivity index (χ1) is 5.72. The number of ether oxygens (including phenoxy) is 1. The first-order valence-corrected chi connectivity index (χ1v) is 4.57. The zero-order valence-electron chi connectivity index (χ0n) is 7.97. The van der Waals surface area contributed by atoms with E-state index in [1.54, 1.807) is 7.11 Å². The average molecular weight is 173 g/mol. The van der Waals surface area contributed by atoms with Gasteiger partial charge in [-0.05, 0) is 18.8 Å². The summed E-state index contributed by atoms with van der Waals surface area (Å²) in [6.45, 7) is 4.02. The van der Waals surface area contributed by atoms with Crippen LogP contribution in [0.5, 0.6) is 0 Å². The lowest BCUT2D eigenvalue weighted by atomic mass is 9.69. The van der Waals surface area contributed by atoms with Gasteiger partial charge in [0.25, 0.3) is 0 Å². The predicted octanol–water partition coefficient (Wildman–Crippen LogP) is 0.383. The molecule has 0 atom stereocenters. The minimum atomic E-state index is 0.0119. The van der Waals surface area contributed by atoms with Crippen LogP contribution in [0.4, 0.5) is 0 Å². The van der Waals surface area contributed by atoms with Gasteiger partial charge in [-0.2, -0.15) is 0 Å². The third-order valence-electron chi connectivity index (χ3n) is 2.59. The Morgan fingerprint density at radius 1 is 1.58 bits per heavy atom. The van der Waals surface area contributed by atoms with Gasteiger partial charge in [0.2, 0.25) is 0 Å². The summed E-state index contributed by atoms with van der Waals surface area (Å²) in [5.41, 5.74) is 0.0119. The quantitative estimate of drug-likeness (QED) is 0.591. The molecule has 0 bridgehead atoms. The molecular formula is C9H19NO2. The van der Waals surface area contributed by atoms with Gasteiger partial charge in [0.05, 0.1) is 13.2 Å². The van der Waals surface area contributed by atoms with Crippen molar-refractivity contribution >= 4 is 0 Å². The molecule has 1 aliphatic rings. The summed E-state index contributed by atoms with van der Waals surface area (Å²) in [5.74, 6) is 0.757. The summed E-state index contributed by atoms with van der Waals surface area (Å²) in [7, 11) is 1.69. The molecule has 72 valence electrons. The molecule has 0 unspecified atom stereocenters. The maximum absolute atomic E-state index is 9.15. The molecule has 0 heterocycles. The van der Waals surface area contributed by atoms with Crippen molar-refractivity contribution in [1.29, 1.82) is 0 Å². The Balaban J connectivity index is 2.18. The highest BCUT2D eigenvalue weighted by molar-refractivity contribution is 4.98. The third kappa shape index (κ3) is 2.19. The van der Waals surface area contributed by atoms with Gasteiger partial charge >= 0.3 is 0 Å². The number of aliphatic hydroxyl groups excluding tert-OH is 1. The lowest BCUT2D eigenvalue weighted by Gasteiger charge is -2.46. The molecule has 0 amide bonds. The summed E-state index contributed by atoms with van der Waals surface area (Å²) in [4.78, 5) is 0. The van der Waals surface area contributed by atoms with Crippen LogP contribution in [0, 0.1) is 5.92 Å². The molecular weight excluding hydrogens is 154 g/mol. The number of hydrogen-bond acceptors (Lipinski definition) is 3. The molecule has 0 radical (unpaired) electrons. The smallest absolute Gasteiger partial charge is 0.0613 e. The Morgan fingerprint density at radius 3 is 2.67 bits per heavy atom. The molecule has 1 saturated carbocycles. The highest BCUT2D eigenvalue weighted by atomic mass is 16.5. The Morgan fingerprint density at radius 2 is 2.25 bits per heavy atom. The molecule has 2 N–H and O–H groups in total. The third-order valence-corrected chi connectivity index (χ3v) is 2.59. The monoisotopic (exact) mass is 173 g/mol. The van der Waals surface area contributed by atoms with Crippen molar-refractivity contribution in [1.82, 2.24) is 5.32 Å². The van der Waals surface area contributed by atoms with Crippen LogP contribution in [0.15, 0.2) is 0 Å². The fraction of sp³-hybridized carbons (Fsp3) is 1.00. The first-order valence-electron chi connectivity index (χ1n) is 4.57. The topological polar surface area (TPSA) is 41.5 Å². The van der Waals surface area contributed by atoms with E-state index in [-0.39, 0.29) is 12.1 Å². The first kappa shape index (κ1) is 9.96. The predicted molar refractivity (Wildman–Crippen MR) is 48.1 cm³/mol. The van der Waals surface area contributed by atoms with Crippen molar-refractivity contribution in [3.05, 3.63) is 0 Å². The van der Waals surface area contributed by atoms with Crippen LogP contribution in [-0.2, 0) is 4.74 Å². The molecule has 1 aliphatic carbocycles. The van der Waals surface area contributed by atoms with Crippen molar-refractivity contribution < 1.29 is 9.84 Å². The second-order valence-corrected chi connectivity index (χ2v) is 3.87. The molecule has 3 heteroatoms. The summed E-state index contributed by atoms with van der Waals surface area (Å²) in [5, 5.41) is 12.5. The minimum absolute atomic E-state index is 0.0119. The molecule has 1 fully saturated rings. The lowest BCUT2D eigenvalue weighted by molar-refractivity contribution is 0.0412. The Kier molecular flexibility index (Phi) is 3.50. The Bertz CT molecular complexity index is 132. The fourth-order valence-corrected chi connectivity index (χ4v) is 2.02. The molecule has 0 aromatic carbocycles. The van der Waals surface area contributed by atoms with Crippen LogP contribution >= 0.6 is 0 Å². The Labute approximate surface area is 74.1 Å². The number of aliphatic hydroxyl groups is 1. The second kappa shape index (κ2) is 4.21. The standard InChI is InChI=1S/C9H19NO2/c1-8-5-9(6-8,7-11)10-3-4-12-2/h8,10-11H,3-7H2,1-2H3. The maximum atomic E-state index is 9.15. The highest BCUT2D eigenvalue weighted by Gasteiger charge is 2.40. The molecule has 0 saturated heterocycles. The molecule has 0 aliphatic heterocycles. The SMILES string of the molecule is COCCNC1(CO)CC(C)C1. The summed E-state index contributed by atoms with van der Waals surface area (Å²) in [6, 6.07) is 0. The van der Waals surface area contributed by atoms with Gasteiger partial charge in [-0.1, -0.05) is 6.92 Å². The van der Waals surface area contributed by atoms with Crippen LogP contribution in [-0.4, -0.2) is 37.5 Å². The zero-order valence-corrected chi connectivity index (χ0v) is 7.97. The average Bonchev–Trinajstić information content (AvgIpc) is 2.01. The van der Waals surface area contributed by atoms with E-state index in [1.165, 1.54) is 0 Å². The lowest BCUT2D eigenvalue weighted by Crippen LogP contribution is -2.58. The second-order valence-electron chi connectivity index (χ2n) is 3.87. The number of nitrogens with one attached hydrogen (secondary N) is 1. The van der Waals surface area contributed by atoms with E-state index in [9.17, 15) is 0 Å². The van der Waals surface area contributed by atoms with Gasteiger partial charge in [0, 0.05) is 19.2 Å². The fourth-order valence-electron chi connectivity index (χ4n) is 2.02. The summed E-state index contributed by atoms with van der Waals surface area (Å²) >= 11 is 0. The van der Waals surface area contributed by atoms with E-state index in [0.29, 0.717) is 0 Å². The van der Waals surface area contributed by atoms with Gasteiger partial charge in [-0.3, -0.25) is 0 Å². The van der Waals surface area contributed by atoms with Crippen LogP contribution in [0.1, 0.15) is 19.8 Å². The largest absolute Gasteiger partial charge is 0.394 e. The van der Waals surface area contributed by atoms with E-state index in [0.717, 1.165) is 31.9 Å². The molecule has 0 spiro atoms. The number of methoxy groups -OCH3 is 1. The van der Waals surface area contributed by atoms with E-state index in [2.05, 4.69) is 12.2 Å². The zero-order chi connectivity index (χ0) is 9.03. The van der Waals surface area contributed by atoms with E-state index in [4.69, 9.17) is 9.84 Å². The van der Waals surface area contributed by atoms with E-state index in [1.807, 2.05) is 0 Å². The van der Waals surface area contributed by atoms with Crippen molar-refractivity contribution in [3.8, 4) is 0 Å². The number of rotatable bonds is 5. The summed E-state index contributed by atoms with van der Waals surface area (Å²) in [6.07, 6.45) is 2.18. The van der Waals surface area contributed by atoms with Crippen LogP contribution in [0.2, 0.25) is 0 Å². The number of hydrogen-bond donors (Lipinski definition) is 2. The molecule has 3 nitrogen and oxygen atoms in total. The Hall–Kier alpha value is -0.120. The van der Waals surface area contributed by atoms with Gasteiger partial charge in [-0.25, -0.2) is 0 Å². The maximum Gasteiger partial charge on any atom is 0.0613 e. The van der Waals surface area contributed by atoms with Crippen molar-refractivity contribution in [2.45, 2.75) is 25.3 Å².